The summed E-state index contributed by atoms with van der Waals surface area (Å²) in [7, 11) is -1.83. The molecule has 176 valence electrons. The molecule has 0 spiro atoms. The summed E-state index contributed by atoms with van der Waals surface area (Å²) in [5.41, 5.74) is 1.99. The van der Waals surface area contributed by atoms with E-state index in [1.165, 1.54) is 0 Å². The van der Waals surface area contributed by atoms with Crippen molar-refractivity contribution in [1.82, 2.24) is 9.21 Å². The number of likely N-dealkylation sites (tertiary alicyclic amines) is 1. The maximum atomic E-state index is 14.2. The summed E-state index contributed by atoms with van der Waals surface area (Å²) in [5, 5.41) is 0. The highest BCUT2D eigenvalue weighted by atomic mass is 79.9. The maximum absolute atomic E-state index is 14.2. The van der Waals surface area contributed by atoms with Gasteiger partial charge < -0.3 is 0 Å². The molecule has 2 fully saturated rings. The van der Waals surface area contributed by atoms with E-state index in [0.717, 1.165) is 15.6 Å². The number of nitrogens with zero attached hydrogens (tertiary/aromatic N) is 2. The van der Waals surface area contributed by atoms with Crippen LogP contribution in [-0.2, 0) is 14.8 Å². The number of benzene rings is 3. The van der Waals surface area contributed by atoms with Gasteiger partial charge in [-0.25, -0.2) is 8.42 Å². The van der Waals surface area contributed by atoms with Crippen molar-refractivity contribution in [2.45, 2.75) is 35.9 Å². The van der Waals surface area contributed by atoms with Gasteiger partial charge in [-0.2, -0.15) is 4.31 Å². The third-order valence-electron chi connectivity index (χ3n) is 7.15. The first kappa shape index (κ1) is 23.4. The zero-order chi connectivity index (χ0) is 23.9. The monoisotopic (exact) mass is 538 g/mol. The molecule has 0 N–H and O–H groups in total. The largest absolute Gasteiger partial charge is 0.299 e. The molecule has 3 aromatic rings. The molecule has 5 rings (SSSR count). The number of piperidine rings is 2. The average molecular weight is 539 g/mol. The van der Waals surface area contributed by atoms with Crippen molar-refractivity contribution in [2.75, 3.05) is 13.6 Å². The Morgan fingerprint density at radius 2 is 1.38 bits per heavy atom. The molecule has 0 radical (unpaired) electrons. The van der Waals surface area contributed by atoms with Gasteiger partial charge in [0.2, 0.25) is 10.0 Å². The summed E-state index contributed by atoms with van der Waals surface area (Å²) in [6, 6.07) is 25.6. The number of ketones is 1. The van der Waals surface area contributed by atoms with Gasteiger partial charge >= 0.3 is 0 Å². The number of sulfonamides is 1. The number of carbonyl (C=O) groups excluding carboxylic acids is 1. The minimum absolute atomic E-state index is 0.0346. The van der Waals surface area contributed by atoms with E-state index in [9.17, 15) is 13.2 Å². The third kappa shape index (κ3) is 4.26. The van der Waals surface area contributed by atoms with E-state index < -0.39 is 22.1 Å². The van der Waals surface area contributed by atoms with Crippen molar-refractivity contribution < 1.29 is 13.2 Å². The number of fused-ring (bicyclic) bond motifs is 1. The van der Waals surface area contributed by atoms with Gasteiger partial charge in [-0.3, -0.25) is 9.69 Å². The molecular formula is C27H27BrN2O3S. The Morgan fingerprint density at radius 3 is 1.97 bits per heavy atom. The lowest BCUT2D eigenvalue weighted by molar-refractivity contribution is -0.133. The molecule has 2 aliphatic rings. The molecule has 2 heterocycles. The second kappa shape index (κ2) is 9.38. The molecule has 4 atom stereocenters. The minimum atomic E-state index is -3.85. The van der Waals surface area contributed by atoms with Crippen LogP contribution >= 0.6 is 15.9 Å². The molecule has 0 aromatic heterocycles. The van der Waals surface area contributed by atoms with Crippen LogP contribution in [-0.4, -0.2) is 43.0 Å². The third-order valence-corrected chi connectivity index (χ3v) is 9.62. The quantitative estimate of drug-likeness (QED) is 0.457. The van der Waals surface area contributed by atoms with E-state index in [0.29, 0.717) is 13.0 Å². The summed E-state index contributed by atoms with van der Waals surface area (Å²) in [6.45, 7) is 0.539. The lowest BCUT2D eigenvalue weighted by Crippen LogP contribution is -2.59. The lowest BCUT2D eigenvalue weighted by atomic mass is 9.77. The Kier molecular flexibility index (Phi) is 6.46. The topological polar surface area (TPSA) is 57.7 Å². The van der Waals surface area contributed by atoms with E-state index in [4.69, 9.17) is 0 Å². The zero-order valence-corrected chi connectivity index (χ0v) is 21.3. The van der Waals surface area contributed by atoms with Crippen LogP contribution in [0.1, 0.15) is 36.1 Å². The van der Waals surface area contributed by atoms with Gasteiger partial charge in [-0.1, -0.05) is 76.6 Å². The summed E-state index contributed by atoms with van der Waals surface area (Å²) in [6.07, 6.45) is 0.751. The summed E-state index contributed by atoms with van der Waals surface area (Å²) in [4.78, 5) is 15.8. The van der Waals surface area contributed by atoms with Crippen LogP contribution < -0.4 is 0 Å². The van der Waals surface area contributed by atoms with Crippen molar-refractivity contribution in [2.24, 2.45) is 5.92 Å². The van der Waals surface area contributed by atoms with Crippen LogP contribution in [0.5, 0.6) is 0 Å². The van der Waals surface area contributed by atoms with Crippen LogP contribution in [0.3, 0.4) is 0 Å². The SMILES string of the molecule is CN1C[C@H]2C(=O)CC(c3ccccc3)N(S(=O)(=O)c3ccc(Br)cc3)[C@H]2C[C@H]1c1ccccc1. The van der Waals surface area contributed by atoms with Crippen molar-refractivity contribution in [3.63, 3.8) is 0 Å². The van der Waals surface area contributed by atoms with E-state index in [-0.39, 0.29) is 29.1 Å². The minimum Gasteiger partial charge on any atom is -0.299 e. The Balaban J connectivity index is 1.62. The van der Waals surface area contributed by atoms with Gasteiger partial charge in [-0.05, 0) is 48.9 Å². The molecule has 7 heteroatoms. The number of hydrogen-bond donors (Lipinski definition) is 0. The van der Waals surface area contributed by atoms with Crippen molar-refractivity contribution >= 4 is 31.7 Å². The highest BCUT2D eigenvalue weighted by Crippen LogP contribution is 2.46. The number of Topliss-reactive ketones (excluding diaryl/α,β-unsaturated/α-hetero) is 1. The number of halogens is 1. The first-order chi connectivity index (χ1) is 16.4. The van der Waals surface area contributed by atoms with Gasteiger partial charge in [-0.15, -0.1) is 0 Å². The molecule has 34 heavy (non-hydrogen) atoms. The second-order valence-corrected chi connectivity index (χ2v) is 11.9. The molecule has 1 unspecified atom stereocenters. The molecule has 0 saturated carbocycles. The van der Waals surface area contributed by atoms with Crippen LogP contribution in [0.4, 0.5) is 0 Å². The lowest BCUT2D eigenvalue weighted by Gasteiger charge is -2.51. The van der Waals surface area contributed by atoms with Gasteiger partial charge in [0.25, 0.3) is 0 Å². The second-order valence-electron chi connectivity index (χ2n) is 9.16. The van der Waals surface area contributed by atoms with Crippen LogP contribution in [0, 0.1) is 5.92 Å². The Hall–Kier alpha value is -2.32. The fraction of sp³-hybridized carbons (Fsp3) is 0.296. The normalized spacial score (nSPS) is 26.2. The van der Waals surface area contributed by atoms with Gasteiger partial charge in [0.05, 0.1) is 10.9 Å². The van der Waals surface area contributed by atoms with Crippen LogP contribution in [0.2, 0.25) is 0 Å². The summed E-state index contributed by atoms with van der Waals surface area (Å²) >= 11 is 3.40. The maximum Gasteiger partial charge on any atom is 0.243 e. The summed E-state index contributed by atoms with van der Waals surface area (Å²) < 4.78 is 30.8. The van der Waals surface area contributed by atoms with Gasteiger partial charge in [0.15, 0.2) is 0 Å². The fourth-order valence-electron chi connectivity index (χ4n) is 5.47. The van der Waals surface area contributed by atoms with Crippen molar-refractivity contribution in [3.8, 4) is 0 Å². The van der Waals surface area contributed by atoms with E-state index in [2.05, 4.69) is 33.0 Å². The molecule has 0 amide bonds. The van der Waals surface area contributed by atoms with Gasteiger partial charge in [0.1, 0.15) is 5.78 Å². The molecule has 2 aliphatic heterocycles. The number of hydrogen-bond acceptors (Lipinski definition) is 4. The van der Waals surface area contributed by atoms with Crippen LogP contribution in [0.15, 0.2) is 94.3 Å². The van der Waals surface area contributed by atoms with E-state index in [1.54, 1.807) is 28.6 Å². The molecule has 0 bridgehead atoms. The predicted molar refractivity (Wildman–Crippen MR) is 136 cm³/mol. The highest BCUT2D eigenvalue weighted by Gasteiger charge is 2.52. The highest BCUT2D eigenvalue weighted by molar-refractivity contribution is 9.10. The Labute approximate surface area is 209 Å². The molecule has 3 aromatic carbocycles. The molecule has 2 saturated heterocycles. The first-order valence-electron chi connectivity index (χ1n) is 11.5. The predicted octanol–water partition coefficient (Wildman–Crippen LogP) is 5.22. The zero-order valence-electron chi connectivity index (χ0n) is 18.9. The van der Waals surface area contributed by atoms with Crippen molar-refractivity contribution in [1.29, 1.82) is 0 Å². The van der Waals surface area contributed by atoms with Crippen LogP contribution in [0.25, 0.3) is 0 Å². The van der Waals surface area contributed by atoms with E-state index in [1.807, 2.05) is 55.6 Å². The number of rotatable bonds is 4. The Morgan fingerprint density at radius 1 is 0.824 bits per heavy atom. The number of carbonyl (C=O) groups is 1. The molecule has 0 aliphatic carbocycles. The molecular weight excluding hydrogens is 512 g/mol. The fourth-order valence-corrected chi connectivity index (χ4v) is 7.58. The Bertz CT molecular complexity index is 1270. The van der Waals surface area contributed by atoms with Crippen molar-refractivity contribution in [3.05, 3.63) is 101 Å². The standard InChI is InChI=1S/C27H27BrN2O3S/c1-29-18-23-26(16-24(29)19-8-4-2-5-9-19)30(34(32,33)22-14-12-21(28)13-15-22)25(17-27(23)31)20-10-6-3-7-11-20/h2-15,23-26H,16-18H2,1H3/t23-,24+,25?,26+/m1/s1. The van der Waals surface area contributed by atoms with E-state index >= 15 is 0 Å². The average Bonchev–Trinajstić information content (AvgIpc) is 2.85. The smallest absolute Gasteiger partial charge is 0.243 e. The first-order valence-corrected chi connectivity index (χ1v) is 13.7. The van der Waals surface area contributed by atoms with Gasteiger partial charge in [0, 0.05) is 35.4 Å². The molecule has 5 nitrogen and oxygen atoms in total. The summed E-state index contributed by atoms with van der Waals surface area (Å²) in [5.74, 6) is -0.213.